The van der Waals surface area contributed by atoms with Crippen LogP contribution in [-0.2, 0) is 14.1 Å². The average molecular weight is 457 g/mol. The average Bonchev–Trinajstić information content (AvgIpc) is 2.92. The topological polar surface area (TPSA) is 104 Å². The van der Waals surface area contributed by atoms with E-state index in [1.807, 2.05) is 6.92 Å². The predicted molar refractivity (Wildman–Crippen MR) is 118 cm³/mol. The van der Waals surface area contributed by atoms with Crippen LogP contribution in [0.2, 0.25) is 0 Å². The molecular weight excluding hydrogens is 415 g/mol. The van der Waals surface area contributed by atoms with Crippen LogP contribution in [-0.4, -0.2) is 39.2 Å². The lowest BCUT2D eigenvalue weighted by Gasteiger charge is -2.65. The molecule has 6 nitrogen and oxygen atoms in total. The lowest BCUT2D eigenvalue weighted by molar-refractivity contribution is -0.176. The molecule has 31 heavy (non-hydrogen) atoms. The van der Waals surface area contributed by atoms with Crippen molar-refractivity contribution in [2.75, 3.05) is 13.0 Å². The van der Waals surface area contributed by atoms with Crippen LogP contribution in [0.25, 0.3) is 0 Å². The van der Waals surface area contributed by atoms with Crippen molar-refractivity contribution < 1.29 is 29.0 Å². The van der Waals surface area contributed by atoms with Crippen molar-refractivity contribution in [3.05, 3.63) is 0 Å². The fourth-order valence-corrected chi connectivity index (χ4v) is 9.05. The molecule has 0 amide bonds. The largest absolute Gasteiger partial charge is 0.390 e. The number of carbonyl (C=O) groups excluding carboxylic acids is 1. The van der Waals surface area contributed by atoms with Crippen LogP contribution in [0.15, 0.2) is 0 Å². The van der Waals surface area contributed by atoms with Gasteiger partial charge in [-0.3, -0.25) is 9.36 Å². The highest BCUT2D eigenvalue weighted by molar-refractivity contribution is 7.51. The summed E-state index contributed by atoms with van der Waals surface area (Å²) >= 11 is 0. The number of hydrogen-bond acceptors (Lipinski definition) is 4. The number of fused-ring (bicyclic) bond motifs is 5. The van der Waals surface area contributed by atoms with Gasteiger partial charge in [-0.05, 0) is 98.7 Å². The van der Waals surface area contributed by atoms with E-state index in [2.05, 4.69) is 20.8 Å². The van der Waals surface area contributed by atoms with Gasteiger partial charge < -0.3 is 19.6 Å². The lowest BCUT2D eigenvalue weighted by Crippen LogP contribution is -2.59. The number of aliphatic hydroxyl groups is 1. The van der Waals surface area contributed by atoms with E-state index in [9.17, 15) is 14.5 Å². The van der Waals surface area contributed by atoms with Crippen molar-refractivity contribution in [2.45, 2.75) is 91.1 Å². The predicted octanol–water partition coefficient (Wildman–Crippen LogP) is 4.51. The number of rotatable bonds is 5. The maximum Gasteiger partial charge on any atom is 0.350 e. The molecule has 0 radical (unpaired) electrons. The second-order valence-corrected chi connectivity index (χ2v) is 13.9. The Labute approximate surface area is 186 Å². The molecule has 4 saturated carbocycles. The zero-order valence-corrected chi connectivity index (χ0v) is 20.5. The van der Waals surface area contributed by atoms with E-state index < -0.39 is 19.5 Å². The van der Waals surface area contributed by atoms with E-state index in [0.29, 0.717) is 17.8 Å². The first kappa shape index (κ1) is 23.9. The number of ketones is 1. The molecule has 0 aromatic carbocycles. The molecule has 4 aliphatic rings. The van der Waals surface area contributed by atoms with Crippen LogP contribution < -0.4 is 0 Å². The van der Waals surface area contributed by atoms with Gasteiger partial charge in [0.05, 0.1) is 5.60 Å². The normalized spacial score (nSPS) is 49.8. The standard InChI is InChI=1S/C24H41O6P/c1-21(26)11-12-22(2)16(13-21)5-6-18-17(22)7-9-24(4)19(8-10-23(18,24)3)20(25)14-30-15-31(27,28)29/h16-19,26H,5-15H2,1-4H3,(H2,27,28,29)/t16?,17?,18?,19-,21-,22+,23+,24-/m1/s1. The molecule has 3 N–H and O–H groups in total. The fraction of sp³-hybridized carbons (Fsp3) is 0.958. The Balaban J connectivity index is 1.52. The summed E-state index contributed by atoms with van der Waals surface area (Å²) < 4.78 is 16.2. The molecule has 0 aliphatic heterocycles. The molecule has 3 unspecified atom stereocenters. The zero-order chi connectivity index (χ0) is 22.9. The molecule has 0 spiro atoms. The van der Waals surface area contributed by atoms with Crippen molar-refractivity contribution in [3.8, 4) is 0 Å². The van der Waals surface area contributed by atoms with Crippen molar-refractivity contribution in [1.82, 2.24) is 0 Å². The van der Waals surface area contributed by atoms with Crippen LogP contribution >= 0.6 is 7.60 Å². The molecule has 0 saturated heterocycles. The van der Waals surface area contributed by atoms with Crippen LogP contribution in [0, 0.1) is 39.9 Å². The highest BCUT2D eigenvalue weighted by Crippen LogP contribution is 2.73. The van der Waals surface area contributed by atoms with Crippen LogP contribution in [0.5, 0.6) is 0 Å². The SMILES string of the molecule is C[C@@]1(O)CC[C@@]2(C)C(CCC3C2CC[C@]2(C)[C@@H](C(=O)COCP(=O)(O)O)CC[C@@]32C)C1. The van der Waals surface area contributed by atoms with Crippen molar-refractivity contribution >= 4 is 13.4 Å². The molecule has 0 aromatic heterocycles. The van der Waals surface area contributed by atoms with E-state index in [4.69, 9.17) is 14.5 Å². The van der Waals surface area contributed by atoms with Gasteiger partial charge in [0.15, 0.2) is 5.78 Å². The maximum absolute atomic E-state index is 13.1. The Hall–Kier alpha value is -0.260. The first-order valence-electron chi connectivity index (χ1n) is 12.1. The highest BCUT2D eigenvalue weighted by atomic mass is 31.2. The molecule has 4 rings (SSSR count). The summed E-state index contributed by atoms with van der Waals surface area (Å²) in [5, 5.41) is 10.7. The summed E-state index contributed by atoms with van der Waals surface area (Å²) in [6, 6.07) is 0. The van der Waals surface area contributed by atoms with Gasteiger partial charge in [0, 0.05) is 5.92 Å². The molecule has 0 aromatic rings. The molecular formula is C24H41O6P. The fourth-order valence-electron chi connectivity index (χ4n) is 8.72. The van der Waals surface area contributed by atoms with E-state index >= 15 is 0 Å². The van der Waals surface area contributed by atoms with Gasteiger partial charge in [-0.2, -0.15) is 0 Å². The van der Waals surface area contributed by atoms with Crippen LogP contribution in [0.4, 0.5) is 0 Å². The molecule has 4 fully saturated rings. The quantitative estimate of drug-likeness (QED) is 0.526. The van der Waals surface area contributed by atoms with Crippen molar-refractivity contribution in [3.63, 3.8) is 0 Å². The second kappa shape index (κ2) is 7.63. The van der Waals surface area contributed by atoms with E-state index in [1.165, 1.54) is 12.8 Å². The Kier molecular flexibility index (Phi) is 5.88. The number of ether oxygens (including phenoxy) is 1. The summed E-state index contributed by atoms with van der Waals surface area (Å²) in [5.41, 5.74) is -0.223. The Morgan fingerprint density at radius 3 is 2.29 bits per heavy atom. The molecule has 178 valence electrons. The summed E-state index contributed by atoms with van der Waals surface area (Å²) in [6.07, 6.45) is 8.61. The van der Waals surface area contributed by atoms with E-state index in [1.54, 1.807) is 0 Å². The highest BCUT2D eigenvalue weighted by Gasteiger charge is 2.66. The van der Waals surface area contributed by atoms with Gasteiger partial charge in [-0.15, -0.1) is 0 Å². The Bertz CT molecular complexity index is 776. The summed E-state index contributed by atoms with van der Waals surface area (Å²) in [7, 11) is -4.26. The summed E-state index contributed by atoms with van der Waals surface area (Å²) in [6.45, 7) is 8.98. The lowest BCUT2D eigenvalue weighted by atomic mass is 9.40. The minimum Gasteiger partial charge on any atom is -0.390 e. The van der Waals surface area contributed by atoms with E-state index in [0.717, 1.165) is 44.9 Å². The van der Waals surface area contributed by atoms with Gasteiger partial charge >= 0.3 is 7.60 Å². The zero-order valence-electron chi connectivity index (χ0n) is 19.6. The van der Waals surface area contributed by atoms with Gasteiger partial charge in [0.25, 0.3) is 0 Å². The molecule has 0 bridgehead atoms. The molecule has 7 heteroatoms. The van der Waals surface area contributed by atoms with Crippen LogP contribution in [0.1, 0.15) is 85.5 Å². The maximum atomic E-state index is 13.1. The molecule has 4 aliphatic carbocycles. The van der Waals surface area contributed by atoms with Gasteiger partial charge in [-0.25, -0.2) is 0 Å². The number of Topliss-reactive ketones (excluding diaryl/α,β-unsaturated/α-hetero) is 1. The monoisotopic (exact) mass is 456 g/mol. The number of hydrogen-bond donors (Lipinski definition) is 3. The number of carbonyl (C=O) groups is 1. The van der Waals surface area contributed by atoms with Crippen molar-refractivity contribution in [1.29, 1.82) is 0 Å². The Morgan fingerprint density at radius 2 is 1.61 bits per heavy atom. The second-order valence-electron chi connectivity index (χ2n) is 12.3. The minimum atomic E-state index is -4.26. The van der Waals surface area contributed by atoms with Crippen LogP contribution in [0.3, 0.4) is 0 Å². The van der Waals surface area contributed by atoms with Gasteiger partial charge in [-0.1, -0.05) is 20.8 Å². The third-order valence-corrected chi connectivity index (χ3v) is 11.2. The first-order chi connectivity index (χ1) is 14.2. The van der Waals surface area contributed by atoms with Crippen molar-refractivity contribution in [2.24, 2.45) is 39.9 Å². The Morgan fingerprint density at radius 1 is 0.935 bits per heavy atom. The first-order valence-corrected chi connectivity index (χ1v) is 13.9. The van der Waals surface area contributed by atoms with E-state index in [-0.39, 0.29) is 34.6 Å². The summed E-state index contributed by atoms with van der Waals surface area (Å²) in [5.74, 6) is 1.76. The third-order valence-electron chi connectivity index (χ3n) is 10.7. The third kappa shape index (κ3) is 3.89. The smallest absolute Gasteiger partial charge is 0.350 e. The minimum absolute atomic E-state index is 0.00624. The molecule has 0 heterocycles. The summed E-state index contributed by atoms with van der Waals surface area (Å²) in [4.78, 5) is 31.1. The van der Waals surface area contributed by atoms with Gasteiger partial charge in [0.1, 0.15) is 13.0 Å². The molecule has 8 atom stereocenters. The van der Waals surface area contributed by atoms with Gasteiger partial charge in [0.2, 0.25) is 0 Å².